The second-order valence-corrected chi connectivity index (χ2v) is 11.0. The summed E-state index contributed by atoms with van der Waals surface area (Å²) in [5.74, 6) is -3.45. The molecule has 0 radical (unpaired) electrons. The molecule has 52 heavy (non-hydrogen) atoms. The minimum atomic E-state index is -2.99. The molecule has 4 rings (SSSR count). The lowest BCUT2D eigenvalue weighted by molar-refractivity contribution is -0.112. The number of alkyl halides is 4. The molecule has 0 aliphatic heterocycles. The third-order valence-corrected chi connectivity index (χ3v) is 7.44. The van der Waals surface area contributed by atoms with Crippen molar-refractivity contribution in [1.82, 2.24) is 0 Å². The van der Waals surface area contributed by atoms with Gasteiger partial charge >= 0.3 is 25.2 Å². The number of ether oxygens (including phenoxy) is 2. The fraction of sp³-hybridized carbons (Fsp3) is 0.158. The molecule has 0 aliphatic carbocycles. The van der Waals surface area contributed by atoms with E-state index < -0.39 is 37.0 Å². The molecule has 0 heterocycles. The van der Waals surface area contributed by atoms with Gasteiger partial charge in [-0.25, -0.2) is 9.59 Å². The number of amides is 2. The van der Waals surface area contributed by atoms with Crippen molar-refractivity contribution in [3.63, 3.8) is 0 Å². The number of carboxylic acid groups (broad SMARTS) is 2. The summed E-state index contributed by atoms with van der Waals surface area (Å²) in [6.45, 7) is 0.885. The first kappa shape index (κ1) is 40.0. The molecule has 0 atom stereocenters. The third-order valence-electron chi connectivity index (χ3n) is 7.44. The van der Waals surface area contributed by atoms with E-state index in [1.54, 1.807) is 64.1 Å². The molecule has 0 fully saturated rings. The first-order valence-corrected chi connectivity index (χ1v) is 15.3. The van der Waals surface area contributed by atoms with E-state index in [1.165, 1.54) is 54.6 Å². The minimum Gasteiger partial charge on any atom is -0.478 e. The molecule has 4 aromatic carbocycles. The van der Waals surface area contributed by atoms with Crippen LogP contribution in [0.3, 0.4) is 0 Å². The molecule has 14 heteroatoms. The summed E-state index contributed by atoms with van der Waals surface area (Å²) in [5, 5.41) is 23.1. The number of aromatic carboxylic acids is 2. The molecule has 272 valence electrons. The highest BCUT2D eigenvalue weighted by molar-refractivity contribution is 6.07. The number of rotatable bonds is 12. The number of benzene rings is 4. The molecular formula is C38H34F4N2O8. The third kappa shape index (κ3) is 11.6. The van der Waals surface area contributed by atoms with Gasteiger partial charge in [-0.05, 0) is 98.0 Å². The Labute approximate surface area is 296 Å². The van der Waals surface area contributed by atoms with Gasteiger partial charge in [0.05, 0.1) is 22.5 Å². The molecule has 10 nitrogen and oxygen atoms in total. The van der Waals surface area contributed by atoms with E-state index in [4.69, 9.17) is 10.2 Å². The summed E-state index contributed by atoms with van der Waals surface area (Å²) in [5.41, 5.74) is 3.68. The number of carboxylic acids is 2. The van der Waals surface area contributed by atoms with Crippen LogP contribution in [-0.4, -0.2) is 47.2 Å². The molecule has 0 aromatic heterocycles. The summed E-state index contributed by atoms with van der Waals surface area (Å²) >= 11 is 0. The molecule has 0 saturated heterocycles. The normalized spacial score (nSPS) is 11.0. The Morgan fingerprint density at radius 2 is 1.13 bits per heavy atom. The van der Waals surface area contributed by atoms with Crippen LogP contribution in [0.1, 0.15) is 54.1 Å². The van der Waals surface area contributed by atoms with Crippen molar-refractivity contribution in [2.75, 3.05) is 10.6 Å². The van der Waals surface area contributed by atoms with Crippen LogP contribution in [0.25, 0.3) is 12.2 Å². The molecule has 0 aliphatic rings. The van der Waals surface area contributed by atoms with Gasteiger partial charge in [-0.3, -0.25) is 9.59 Å². The van der Waals surface area contributed by atoms with Crippen LogP contribution in [0.5, 0.6) is 11.5 Å². The van der Waals surface area contributed by atoms with Crippen LogP contribution in [0.4, 0.5) is 28.9 Å². The van der Waals surface area contributed by atoms with Crippen molar-refractivity contribution in [3.05, 3.63) is 129 Å². The van der Waals surface area contributed by atoms with E-state index in [0.717, 1.165) is 17.2 Å². The van der Waals surface area contributed by atoms with Crippen molar-refractivity contribution >= 4 is 47.3 Å². The lowest BCUT2D eigenvalue weighted by Gasteiger charge is -2.13. The van der Waals surface area contributed by atoms with Crippen molar-refractivity contribution in [2.45, 2.75) is 40.9 Å². The number of hydrogen-bond acceptors (Lipinski definition) is 6. The highest BCUT2D eigenvalue weighted by Gasteiger charge is 2.15. The van der Waals surface area contributed by atoms with Crippen LogP contribution in [0.15, 0.2) is 84.9 Å². The summed E-state index contributed by atoms with van der Waals surface area (Å²) in [6, 6.07) is 18.4. The maximum Gasteiger partial charge on any atom is 0.387 e. The highest BCUT2D eigenvalue weighted by Crippen LogP contribution is 2.29. The van der Waals surface area contributed by atoms with Gasteiger partial charge in [-0.2, -0.15) is 17.6 Å². The molecule has 4 aromatic rings. The van der Waals surface area contributed by atoms with E-state index in [1.807, 2.05) is 0 Å². The van der Waals surface area contributed by atoms with Crippen LogP contribution in [-0.2, 0) is 9.59 Å². The average Bonchev–Trinajstić information content (AvgIpc) is 3.08. The molecular weight excluding hydrogens is 688 g/mol. The molecule has 4 N–H and O–H groups in total. The fourth-order valence-corrected chi connectivity index (χ4v) is 4.60. The van der Waals surface area contributed by atoms with Gasteiger partial charge in [0.1, 0.15) is 11.5 Å². The predicted octanol–water partition coefficient (Wildman–Crippen LogP) is 8.51. The van der Waals surface area contributed by atoms with Crippen LogP contribution >= 0.6 is 0 Å². The topological polar surface area (TPSA) is 151 Å². The predicted molar refractivity (Wildman–Crippen MR) is 187 cm³/mol. The van der Waals surface area contributed by atoms with E-state index >= 15 is 0 Å². The largest absolute Gasteiger partial charge is 0.478 e. The molecule has 0 saturated carbocycles. The molecule has 0 bridgehead atoms. The number of aryl methyl sites for hydroxylation is 2. The highest BCUT2D eigenvalue weighted by atomic mass is 19.3. The maximum atomic E-state index is 12.6. The van der Waals surface area contributed by atoms with Gasteiger partial charge in [0.25, 0.3) is 0 Å². The van der Waals surface area contributed by atoms with Gasteiger partial charge in [-0.1, -0.05) is 42.5 Å². The van der Waals surface area contributed by atoms with Gasteiger partial charge in [-0.15, -0.1) is 0 Å². The van der Waals surface area contributed by atoms with Crippen molar-refractivity contribution in [1.29, 1.82) is 0 Å². The summed E-state index contributed by atoms with van der Waals surface area (Å²) in [6.07, 6.45) is 5.09. The van der Waals surface area contributed by atoms with Crippen molar-refractivity contribution in [3.8, 4) is 11.5 Å². The van der Waals surface area contributed by atoms with Crippen LogP contribution in [0, 0.1) is 27.7 Å². The molecule has 2 amide bonds. The van der Waals surface area contributed by atoms with Gasteiger partial charge in [0, 0.05) is 17.7 Å². The number of para-hydroxylation sites is 2. The van der Waals surface area contributed by atoms with Crippen LogP contribution in [0.2, 0.25) is 0 Å². The number of nitrogens with one attached hydrogen (secondary N) is 2. The summed E-state index contributed by atoms with van der Waals surface area (Å²) < 4.78 is 59.3. The lowest BCUT2D eigenvalue weighted by Crippen LogP contribution is -2.12. The van der Waals surface area contributed by atoms with E-state index in [9.17, 15) is 36.7 Å². The fourth-order valence-electron chi connectivity index (χ4n) is 4.60. The van der Waals surface area contributed by atoms with Crippen LogP contribution < -0.4 is 20.1 Å². The Morgan fingerprint density at radius 3 is 1.63 bits per heavy atom. The Morgan fingerprint density at radius 1 is 0.635 bits per heavy atom. The number of carbonyl (C=O) groups is 4. The first-order chi connectivity index (χ1) is 24.6. The Balaban J connectivity index is 0.000000280. The second kappa shape index (κ2) is 18.5. The zero-order chi connectivity index (χ0) is 38.5. The average molecular weight is 723 g/mol. The zero-order valence-corrected chi connectivity index (χ0v) is 28.2. The SMILES string of the molecule is Cc1cc(/C=C/C(=O)Nc2ccccc2C(=O)O)cc(OC(F)F)c1C.Cc1ccc(/C=C/C(=O)Nc2ccccc2C(=O)O)c(OC(F)F)c1C. The first-order valence-electron chi connectivity index (χ1n) is 15.3. The number of anilines is 2. The van der Waals surface area contributed by atoms with Gasteiger partial charge < -0.3 is 30.3 Å². The number of carbonyl (C=O) groups excluding carboxylic acids is 2. The smallest absolute Gasteiger partial charge is 0.387 e. The molecule has 0 unspecified atom stereocenters. The molecule has 0 spiro atoms. The Hall–Kier alpha value is -6.44. The summed E-state index contributed by atoms with van der Waals surface area (Å²) in [7, 11) is 0. The minimum absolute atomic E-state index is 0.00464. The Bertz CT molecular complexity index is 2010. The van der Waals surface area contributed by atoms with Gasteiger partial charge in [0.15, 0.2) is 0 Å². The van der Waals surface area contributed by atoms with E-state index in [0.29, 0.717) is 22.3 Å². The van der Waals surface area contributed by atoms with E-state index in [-0.39, 0.29) is 34.0 Å². The summed E-state index contributed by atoms with van der Waals surface area (Å²) in [4.78, 5) is 46.4. The zero-order valence-electron chi connectivity index (χ0n) is 28.2. The number of halogens is 4. The standard InChI is InChI=1S/2C19H17F2NO4/c1-11-9-13(10-16(12(11)2)26-19(20)21)7-8-17(23)22-15-6-4-3-5-14(15)18(24)25;1-11-7-8-13(17(12(11)2)26-19(20)21)9-10-16(23)22-15-6-4-3-5-14(15)18(24)25/h2*3-10,19H,1-2H3,(H,22,23)(H,24,25)/b8-7+;10-9+. The van der Waals surface area contributed by atoms with Crippen molar-refractivity contribution < 1.29 is 56.4 Å². The number of hydrogen-bond donors (Lipinski definition) is 4. The monoisotopic (exact) mass is 722 g/mol. The quantitative estimate of drug-likeness (QED) is 0.0840. The van der Waals surface area contributed by atoms with Gasteiger partial charge in [0.2, 0.25) is 11.8 Å². The maximum absolute atomic E-state index is 12.6. The Kier molecular flexibility index (Phi) is 14.2. The van der Waals surface area contributed by atoms with E-state index in [2.05, 4.69) is 20.1 Å². The lowest BCUT2D eigenvalue weighted by atomic mass is 10.0. The van der Waals surface area contributed by atoms with Crippen molar-refractivity contribution in [2.24, 2.45) is 0 Å². The second-order valence-electron chi connectivity index (χ2n) is 11.0.